The largest absolute Gasteiger partial charge is 0.444 e. The summed E-state index contributed by atoms with van der Waals surface area (Å²) in [5.74, 6) is 0. The van der Waals surface area contributed by atoms with E-state index in [0.717, 1.165) is 65.2 Å². The fourth-order valence-electron chi connectivity index (χ4n) is 3.58. The maximum Gasteiger partial charge on any atom is 0.408 e. The van der Waals surface area contributed by atoms with E-state index in [4.69, 9.17) is 4.74 Å². The van der Waals surface area contributed by atoms with Gasteiger partial charge in [-0.2, -0.15) is 0 Å². The Morgan fingerprint density at radius 1 is 1.04 bits per heavy atom. The molecule has 2 aliphatic heterocycles. The lowest BCUT2D eigenvalue weighted by atomic mass is 9.86. The van der Waals surface area contributed by atoms with Crippen LogP contribution in [0.1, 0.15) is 40.5 Å². The summed E-state index contributed by atoms with van der Waals surface area (Å²) in [4.78, 5) is 19.7. The van der Waals surface area contributed by atoms with E-state index >= 15 is 0 Å². The quantitative estimate of drug-likeness (QED) is 0.843. The maximum atomic E-state index is 12.4. The fourth-order valence-corrected chi connectivity index (χ4v) is 3.58. The second kappa shape index (κ2) is 8.02. The van der Waals surface area contributed by atoms with Gasteiger partial charge in [-0.25, -0.2) is 4.79 Å². The molecule has 2 fully saturated rings. The predicted molar refractivity (Wildman–Crippen MR) is 97.4 cm³/mol. The van der Waals surface area contributed by atoms with Crippen LogP contribution in [-0.4, -0.2) is 91.3 Å². The molecule has 0 bridgehead atoms. The molecule has 2 heterocycles. The van der Waals surface area contributed by atoms with Crippen molar-refractivity contribution >= 4 is 6.09 Å². The molecule has 24 heavy (non-hydrogen) atoms. The first kappa shape index (κ1) is 19.5. The summed E-state index contributed by atoms with van der Waals surface area (Å²) < 4.78 is 5.53. The molecule has 1 amide bonds. The Morgan fingerprint density at radius 3 is 2.08 bits per heavy atom. The van der Waals surface area contributed by atoms with Crippen LogP contribution >= 0.6 is 0 Å². The summed E-state index contributed by atoms with van der Waals surface area (Å²) in [5.41, 5.74) is -0.618. The molecule has 2 rings (SSSR count). The van der Waals surface area contributed by atoms with Crippen molar-refractivity contribution in [2.45, 2.75) is 51.7 Å². The first-order valence-corrected chi connectivity index (χ1v) is 9.36. The molecule has 2 saturated heterocycles. The van der Waals surface area contributed by atoms with E-state index < -0.39 is 5.60 Å². The van der Waals surface area contributed by atoms with Crippen molar-refractivity contribution in [2.24, 2.45) is 0 Å². The number of carbonyl (C=O) groups is 1. The highest BCUT2D eigenvalue weighted by molar-refractivity contribution is 5.69. The van der Waals surface area contributed by atoms with Gasteiger partial charge in [-0.3, -0.25) is 4.90 Å². The van der Waals surface area contributed by atoms with Gasteiger partial charge in [0.25, 0.3) is 0 Å². The predicted octanol–water partition coefficient (Wildman–Crippen LogP) is 1.61. The highest BCUT2D eigenvalue weighted by atomic mass is 16.6. The molecule has 1 N–H and O–H groups in total. The number of piperidine rings is 1. The second-order valence-electron chi connectivity index (χ2n) is 8.42. The van der Waals surface area contributed by atoms with Crippen LogP contribution in [0.2, 0.25) is 0 Å². The minimum atomic E-state index is -0.455. The zero-order valence-electron chi connectivity index (χ0n) is 16.2. The molecule has 0 atom stereocenters. The average molecular weight is 341 g/mol. The SMILES string of the molecule is CCN1CCN(CC2(NC(=O)OC(C)(C)C)CCN(C)CC2)CC1. The molecule has 0 aliphatic carbocycles. The number of hydrogen-bond acceptors (Lipinski definition) is 5. The van der Waals surface area contributed by atoms with Crippen molar-refractivity contribution in [2.75, 3.05) is 59.4 Å². The molecule has 0 aromatic rings. The van der Waals surface area contributed by atoms with Gasteiger partial charge < -0.3 is 19.9 Å². The smallest absolute Gasteiger partial charge is 0.408 e. The molecule has 0 aromatic carbocycles. The van der Waals surface area contributed by atoms with E-state index in [1.165, 1.54) is 0 Å². The van der Waals surface area contributed by atoms with Crippen molar-refractivity contribution in [3.8, 4) is 0 Å². The van der Waals surface area contributed by atoms with Gasteiger partial charge in [-0.1, -0.05) is 6.92 Å². The Bertz CT molecular complexity index is 406. The Labute approximate surface area is 147 Å². The average Bonchev–Trinajstić information content (AvgIpc) is 2.49. The number of ether oxygens (including phenoxy) is 1. The molecule has 0 radical (unpaired) electrons. The number of likely N-dealkylation sites (tertiary alicyclic amines) is 1. The Balaban J connectivity index is 1.97. The molecule has 140 valence electrons. The third-order valence-electron chi connectivity index (χ3n) is 5.15. The van der Waals surface area contributed by atoms with Gasteiger partial charge >= 0.3 is 6.09 Å². The van der Waals surface area contributed by atoms with Crippen LogP contribution in [-0.2, 0) is 4.74 Å². The number of piperazine rings is 1. The van der Waals surface area contributed by atoms with Crippen molar-refractivity contribution < 1.29 is 9.53 Å². The second-order valence-corrected chi connectivity index (χ2v) is 8.42. The molecule has 6 heteroatoms. The molecule has 0 saturated carbocycles. The summed E-state index contributed by atoms with van der Waals surface area (Å²) in [6, 6.07) is 0. The lowest BCUT2D eigenvalue weighted by molar-refractivity contribution is 0.0290. The Hall–Kier alpha value is -0.850. The molecule has 0 aromatic heterocycles. The van der Waals surface area contributed by atoms with Gasteiger partial charge in [-0.15, -0.1) is 0 Å². The molecular weight excluding hydrogens is 304 g/mol. The van der Waals surface area contributed by atoms with Crippen LogP contribution < -0.4 is 5.32 Å². The van der Waals surface area contributed by atoms with Crippen LogP contribution in [0.5, 0.6) is 0 Å². The number of carbonyl (C=O) groups excluding carboxylic acids is 1. The van der Waals surface area contributed by atoms with E-state index in [9.17, 15) is 4.79 Å². The topological polar surface area (TPSA) is 48.1 Å². The van der Waals surface area contributed by atoms with E-state index in [2.05, 4.69) is 34.0 Å². The first-order chi connectivity index (χ1) is 11.2. The standard InChI is InChI=1S/C18H36N4O2/c1-6-21-11-13-22(14-12-21)15-18(7-9-20(5)10-8-18)19-16(23)24-17(2,3)4/h6-15H2,1-5H3,(H,19,23). The lowest BCUT2D eigenvalue weighted by Crippen LogP contribution is -2.62. The first-order valence-electron chi connectivity index (χ1n) is 9.36. The number of rotatable bonds is 4. The highest BCUT2D eigenvalue weighted by Crippen LogP contribution is 2.24. The van der Waals surface area contributed by atoms with Crippen LogP contribution in [0.15, 0.2) is 0 Å². The number of hydrogen-bond donors (Lipinski definition) is 1. The van der Waals surface area contributed by atoms with Crippen molar-refractivity contribution in [3.63, 3.8) is 0 Å². The van der Waals surface area contributed by atoms with E-state index in [-0.39, 0.29) is 11.6 Å². The van der Waals surface area contributed by atoms with Gasteiger partial charge in [0.2, 0.25) is 0 Å². The summed E-state index contributed by atoms with van der Waals surface area (Å²) in [6.07, 6.45) is 1.69. The van der Waals surface area contributed by atoms with Crippen LogP contribution in [0, 0.1) is 0 Å². The van der Waals surface area contributed by atoms with Crippen LogP contribution in [0.4, 0.5) is 4.79 Å². The normalized spacial score (nSPS) is 23.9. The monoisotopic (exact) mass is 340 g/mol. The lowest BCUT2D eigenvalue weighted by Gasteiger charge is -2.45. The molecule has 2 aliphatic rings. The fraction of sp³-hybridized carbons (Fsp3) is 0.944. The maximum absolute atomic E-state index is 12.4. The van der Waals surface area contributed by atoms with Crippen LogP contribution in [0.3, 0.4) is 0 Å². The molecule has 6 nitrogen and oxygen atoms in total. The third-order valence-corrected chi connectivity index (χ3v) is 5.15. The van der Waals surface area contributed by atoms with Gasteiger partial charge in [0, 0.05) is 45.8 Å². The molecule has 0 unspecified atom stereocenters. The summed E-state index contributed by atoms with van der Waals surface area (Å²) in [6.45, 7) is 16.5. The van der Waals surface area contributed by atoms with Gasteiger partial charge in [0.1, 0.15) is 5.60 Å². The Morgan fingerprint density at radius 2 is 1.58 bits per heavy atom. The number of nitrogens with zero attached hydrogens (tertiary/aromatic N) is 3. The van der Waals surface area contributed by atoms with Crippen molar-refractivity contribution in [1.82, 2.24) is 20.0 Å². The number of likely N-dealkylation sites (N-methyl/N-ethyl adjacent to an activating group) is 1. The summed E-state index contributed by atoms with van der Waals surface area (Å²) >= 11 is 0. The van der Waals surface area contributed by atoms with E-state index in [1.54, 1.807) is 0 Å². The number of nitrogens with one attached hydrogen (secondary N) is 1. The minimum absolute atomic E-state index is 0.163. The number of amides is 1. The van der Waals surface area contributed by atoms with Crippen molar-refractivity contribution in [1.29, 1.82) is 0 Å². The minimum Gasteiger partial charge on any atom is -0.444 e. The van der Waals surface area contributed by atoms with Gasteiger partial charge in [0.05, 0.1) is 5.54 Å². The van der Waals surface area contributed by atoms with Crippen LogP contribution in [0.25, 0.3) is 0 Å². The zero-order valence-corrected chi connectivity index (χ0v) is 16.2. The van der Waals surface area contributed by atoms with E-state index in [0.29, 0.717) is 0 Å². The van der Waals surface area contributed by atoms with Gasteiger partial charge in [0.15, 0.2) is 0 Å². The Kier molecular flexibility index (Phi) is 6.51. The molecule has 0 spiro atoms. The van der Waals surface area contributed by atoms with E-state index in [1.807, 2.05) is 20.8 Å². The zero-order chi connectivity index (χ0) is 17.8. The van der Waals surface area contributed by atoms with Gasteiger partial charge in [-0.05, 0) is 47.2 Å². The third kappa shape index (κ3) is 5.90. The summed E-state index contributed by atoms with van der Waals surface area (Å²) in [7, 11) is 2.15. The highest BCUT2D eigenvalue weighted by Gasteiger charge is 2.38. The van der Waals surface area contributed by atoms with Crippen molar-refractivity contribution in [3.05, 3.63) is 0 Å². The summed E-state index contributed by atoms with van der Waals surface area (Å²) in [5, 5.41) is 3.24. The number of alkyl carbamates (subject to hydrolysis) is 1. The molecular formula is C18H36N4O2.